The summed E-state index contributed by atoms with van der Waals surface area (Å²) < 4.78 is 8.42. The van der Waals surface area contributed by atoms with Gasteiger partial charge >= 0.3 is 0 Å². The molecule has 3 aromatic heterocycles. The van der Waals surface area contributed by atoms with Crippen molar-refractivity contribution < 1.29 is 4.74 Å². The molecule has 4 rings (SSSR count). The zero-order valence-electron chi connectivity index (χ0n) is 14.3. The molecule has 0 bridgehead atoms. The minimum Gasteiger partial charge on any atom is -0.370 e. The second-order valence-electron chi connectivity index (χ2n) is 6.74. The van der Waals surface area contributed by atoms with Crippen molar-refractivity contribution in [3.8, 4) is 0 Å². The van der Waals surface area contributed by atoms with Gasteiger partial charge in [0.05, 0.1) is 29.7 Å². The van der Waals surface area contributed by atoms with Gasteiger partial charge in [-0.15, -0.1) is 11.3 Å². The number of nitrogens with zero attached hydrogens (tertiary/aromatic N) is 3. The SMILES string of the molecule is CCCn1cnc2c(sc3nc4c(cc32)COC(C)(CC)C4)c1=O. The fourth-order valence-corrected chi connectivity index (χ4v) is 4.31. The summed E-state index contributed by atoms with van der Waals surface area (Å²) in [5, 5.41) is 0.971. The number of thiophene rings is 1. The van der Waals surface area contributed by atoms with E-state index in [1.54, 1.807) is 10.9 Å². The van der Waals surface area contributed by atoms with E-state index in [9.17, 15) is 4.79 Å². The van der Waals surface area contributed by atoms with Crippen molar-refractivity contribution in [2.75, 3.05) is 0 Å². The number of pyridine rings is 1. The highest BCUT2D eigenvalue weighted by molar-refractivity contribution is 7.25. The Labute approximate surface area is 144 Å². The summed E-state index contributed by atoms with van der Waals surface area (Å²) in [6, 6.07) is 2.11. The first-order valence-electron chi connectivity index (χ1n) is 8.49. The lowest BCUT2D eigenvalue weighted by atomic mass is 9.91. The van der Waals surface area contributed by atoms with Gasteiger partial charge in [0.1, 0.15) is 9.53 Å². The summed E-state index contributed by atoms with van der Waals surface area (Å²) >= 11 is 1.46. The van der Waals surface area contributed by atoms with Crippen LogP contribution in [0.2, 0.25) is 0 Å². The molecule has 0 aromatic carbocycles. The largest absolute Gasteiger partial charge is 0.370 e. The van der Waals surface area contributed by atoms with Crippen molar-refractivity contribution in [3.05, 3.63) is 34.0 Å². The standard InChI is InChI=1S/C18H21N3O2S/c1-4-6-21-10-19-14-12-7-11-9-23-18(3,5-2)8-13(11)20-16(12)24-15(14)17(21)22/h7,10H,4-6,8-9H2,1-3H3. The van der Waals surface area contributed by atoms with Gasteiger partial charge in [0.25, 0.3) is 5.56 Å². The minimum absolute atomic E-state index is 0.0393. The maximum atomic E-state index is 12.6. The molecule has 0 saturated heterocycles. The highest BCUT2D eigenvalue weighted by Gasteiger charge is 2.30. The summed E-state index contributed by atoms with van der Waals surface area (Å²) in [6.07, 6.45) is 4.35. The van der Waals surface area contributed by atoms with Gasteiger partial charge in [-0.2, -0.15) is 0 Å². The minimum atomic E-state index is -0.142. The number of hydrogen-bond acceptors (Lipinski definition) is 5. The predicted molar refractivity (Wildman–Crippen MR) is 96.7 cm³/mol. The van der Waals surface area contributed by atoms with Crippen molar-refractivity contribution in [2.45, 2.75) is 58.8 Å². The van der Waals surface area contributed by atoms with Crippen LogP contribution < -0.4 is 5.56 Å². The fraction of sp³-hybridized carbons (Fsp3) is 0.500. The third kappa shape index (κ3) is 2.36. The van der Waals surface area contributed by atoms with E-state index in [2.05, 4.69) is 31.8 Å². The van der Waals surface area contributed by atoms with E-state index in [1.807, 2.05) is 0 Å². The molecule has 0 spiro atoms. The lowest BCUT2D eigenvalue weighted by Crippen LogP contribution is -2.35. The topological polar surface area (TPSA) is 57.0 Å². The molecule has 0 fully saturated rings. The van der Waals surface area contributed by atoms with Gasteiger partial charge in [0.2, 0.25) is 0 Å². The van der Waals surface area contributed by atoms with E-state index in [-0.39, 0.29) is 11.2 Å². The van der Waals surface area contributed by atoms with Gasteiger partial charge in [0.15, 0.2) is 0 Å². The highest BCUT2D eigenvalue weighted by atomic mass is 32.1. The second-order valence-corrected chi connectivity index (χ2v) is 7.74. The Kier molecular flexibility index (Phi) is 3.69. The van der Waals surface area contributed by atoms with Gasteiger partial charge < -0.3 is 4.74 Å². The average molecular weight is 343 g/mol. The van der Waals surface area contributed by atoms with Crippen LogP contribution in [0.4, 0.5) is 0 Å². The molecule has 0 amide bonds. The molecule has 1 aliphatic rings. The normalized spacial score (nSPS) is 20.6. The molecule has 0 radical (unpaired) electrons. The maximum Gasteiger partial charge on any atom is 0.271 e. The zero-order chi connectivity index (χ0) is 16.9. The molecule has 0 aliphatic carbocycles. The average Bonchev–Trinajstić information content (AvgIpc) is 2.94. The van der Waals surface area contributed by atoms with E-state index in [0.717, 1.165) is 46.3 Å². The zero-order valence-corrected chi connectivity index (χ0v) is 15.1. The van der Waals surface area contributed by atoms with Crippen molar-refractivity contribution >= 4 is 31.8 Å². The highest BCUT2D eigenvalue weighted by Crippen LogP contribution is 2.35. The monoisotopic (exact) mass is 343 g/mol. The molecule has 4 heterocycles. The van der Waals surface area contributed by atoms with E-state index < -0.39 is 0 Å². The van der Waals surface area contributed by atoms with E-state index in [1.165, 1.54) is 11.3 Å². The van der Waals surface area contributed by atoms with Crippen LogP contribution >= 0.6 is 11.3 Å². The molecular weight excluding hydrogens is 322 g/mol. The lowest BCUT2D eigenvalue weighted by molar-refractivity contribution is -0.0573. The molecule has 6 heteroatoms. The van der Waals surface area contributed by atoms with Gasteiger partial charge in [-0.25, -0.2) is 9.97 Å². The Morgan fingerprint density at radius 3 is 3.00 bits per heavy atom. The molecule has 1 unspecified atom stereocenters. The molecule has 0 N–H and O–H groups in total. The summed E-state index contributed by atoms with van der Waals surface area (Å²) in [4.78, 5) is 22.9. The van der Waals surface area contributed by atoms with Crippen LogP contribution in [0, 0.1) is 0 Å². The smallest absolute Gasteiger partial charge is 0.271 e. The van der Waals surface area contributed by atoms with Crippen LogP contribution in [-0.2, 0) is 24.3 Å². The summed E-state index contributed by atoms with van der Waals surface area (Å²) in [7, 11) is 0. The maximum absolute atomic E-state index is 12.6. The third-order valence-corrected chi connectivity index (χ3v) is 6.01. The van der Waals surface area contributed by atoms with Gasteiger partial charge in [-0.05, 0) is 25.8 Å². The van der Waals surface area contributed by atoms with Crippen molar-refractivity contribution in [1.29, 1.82) is 0 Å². The predicted octanol–water partition coefficient (Wildman–Crippen LogP) is 3.66. The number of aromatic nitrogens is 3. The Morgan fingerprint density at radius 1 is 1.42 bits per heavy atom. The number of aryl methyl sites for hydroxylation is 1. The van der Waals surface area contributed by atoms with Crippen molar-refractivity contribution in [1.82, 2.24) is 14.5 Å². The van der Waals surface area contributed by atoms with Crippen LogP contribution in [0.3, 0.4) is 0 Å². The Morgan fingerprint density at radius 2 is 2.25 bits per heavy atom. The van der Waals surface area contributed by atoms with Gasteiger partial charge in [0, 0.05) is 23.9 Å². The van der Waals surface area contributed by atoms with Crippen LogP contribution in [0.5, 0.6) is 0 Å². The quantitative estimate of drug-likeness (QED) is 0.728. The molecule has 3 aromatic rings. The molecule has 1 atom stereocenters. The van der Waals surface area contributed by atoms with Crippen LogP contribution in [-0.4, -0.2) is 20.1 Å². The molecule has 126 valence electrons. The van der Waals surface area contributed by atoms with Crippen LogP contribution in [0.25, 0.3) is 20.4 Å². The molecular formula is C18H21N3O2S. The first-order valence-corrected chi connectivity index (χ1v) is 9.30. The molecule has 5 nitrogen and oxygen atoms in total. The fourth-order valence-electron chi connectivity index (χ4n) is 3.23. The number of ether oxygens (including phenoxy) is 1. The number of hydrogen-bond donors (Lipinski definition) is 0. The Hall–Kier alpha value is -1.79. The first kappa shape index (κ1) is 15.7. The van der Waals surface area contributed by atoms with Crippen molar-refractivity contribution in [3.63, 3.8) is 0 Å². The Bertz CT molecular complexity index is 991. The third-order valence-electron chi connectivity index (χ3n) is 4.94. The second kappa shape index (κ2) is 5.63. The first-order chi connectivity index (χ1) is 11.5. The van der Waals surface area contributed by atoms with E-state index >= 15 is 0 Å². The number of rotatable bonds is 3. The summed E-state index contributed by atoms with van der Waals surface area (Å²) in [5.74, 6) is 0. The van der Waals surface area contributed by atoms with Gasteiger partial charge in [-0.3, -0.25) is 9.36 Å². The molecule has 24 heavy (non-hydrogen) atoms. The van der Waals surface area contributed by atoms with Crippen LogP contribution in [0.15, 0.2) is 17.2 Å². The lowest BCUT2D eigenvalue weighted by Gasteiger charge is -2.33. The van der Waals surface area contributed by atoms with E-state index in [4.69, 9.17) is 9.72 Å². The number of fused-ring (bicyclic) bond motifs is 4. The van der Waals surface area contributed by atoms with Crippen LogP contribution in [0.1, 0.15) is 44.9 Å². The molecule has 1 aliphatic heterocycles. The van der Waals surface area contributed by atoms with Crippen molar-refractivity contribution in [2.24, 2.45) is 0 Å². The van der Waals surface area contributed by atoms with E-state index in [0.29, 0.717) is 17.9 Å². The van der Waals surface area contributed by atoms with Gasteiger partial charge in [-0.1, -0.05) is 13.8 Å². The Balaban J connectivity index is 1.91. The molecule has 0 saturated carbocycles. The summed E-state index contributed by atoms with van der Waals surface area (Å²) in [5.41, 5.74) is 2.88. The summed E-state index contributed by atoms with van der Waals surface area (Å²) in [6.45, 7) is 7.61.